The Bertz CT molecular complexity index is 994. The number of ether oxygens (including phenoxy) is 2. The Hall–Kier alpha value is -3.12. The first kappa shape index (κ1) is 20.6. The molecular weight excluding hydrogens is 384 g/mol. The van der Waals surface area contributed by atoms with Gasteiger partial charge in [-0.15, -0.1) is 11.3 Å². The van der Waals surface area contributed by atoms with Gasteiger partial charge >= 0.3 is 0 Å². The number of rotatable bonds is 8. The van der Waals surface area contributed by atoms with Gasteiger partial charge in [0.1, 0.15) is 0 Å². The zero-order chi connectivity index (χ0) is 20.6. The summed E-state index contributed by atoms with van der Waals surface area (Å²) >= 11 is 1.41. The molecule has 3 aromatic rings. The lowest BCUT2D eigenvalue weighted by Crippen LogP contribution is -2.07. The van der Waals surface area contributed by atoms with Crippen molar-refractivity contribution >= 4 is 28.5 Å². The van der Waals surface area contributed by atoms with Crippen LogP contribution in [0, 0.1) is 0 Å². The van der Waals surface area contributed by atoms with Crippen LogP contribution in [0.25, 0.3) is 17.3 Å². The first-order chi connectivity index (χ1) is 14.1. The third kappa shape index (κ3) is 5.45. The molecule has 0 radical (unpaired) electrons. The zero-order valence-electron chi connectivity index (χ0n) is 16.8. The van der Waals surface area contributed by atoms with Crippen LogP contribution in [-0.4, -0.2) is 25.1 Å². The lowest BCUT2D eigenvalue weighted by molar-refractivity contribution is -0.111. The SMILES string of the molecule is CCCc1ccc(-c2csc(NC(=O)C=Cc3ccc(OC)c(OC)c3)n2)cc1. The summed E-state index contributed by atoms with van der Waals surface area (Å²) in [6.45, 7) is 2.17. The summed E-state index contributed by atoms with van der Waals surface area (Å²) in [6.07, 6.45) is 5.40. The second kappa shape index (κ2) is 9.89. The molecule has 1 N–H and O–H groups in total. The van der Waals surface area contributed by atoms with Crippen LogP contribution in [0.15, 0.2) is 53.9 Å². The maximum absolute atomic E-state index is 12.2. The van der Waals surface area contributed by atoms with Gasteiger partial charge in [0, 0.05) is 17.0 Å². The molecule has 0 aliphatic carbocycles. The standard InChI is InChI=1S/C23H24N2O3S/c1-4-5-16-6-10-18(11-7-16)19-15-29-23(24-19)25-22(26)13-9-17-8-12-20(27-2)21(14-17)28-3/h6-15H,4-5H2,1-3H3,(H,24,25,26). The third-order valence-corrected chi connectivity index (χ3v) is 5.12. The van der Waals surface area contributed by atoms with Crippen molar-refractivity contribution in [2.24, 2.45) is 0 Å². The molecule has 6 heteroatoms. The van der Waals surface area contributed by atoms with E-state index in [1.807, 2.05) is 17.5 Å². The summed E-state index contributed by atoms with van der Waals surface area (Å²) in [5, 5.41) is 5.33. The number of nitrogens with zero attached hydrogens (tertiary/aromatic N) is 1. The van der Waals surface area contributed by atoms with E-state index in [0.29, 0.717) is 16.6 Å². The molecule has 0 aliphatic rings. The van der Waals surface area contributed by atoms with Gasteiger partial charge < -0.3 is 9.47 Å². The van der Waals surface area contributed by atoms with Gasteiger partial charge in [0.2, 0.25) is 5.91 Å². The van der Waals surface area contributed by atoms with E-state index in [2.05, 4.69) is 41.5 Å². The number of nitrogens with one attached hydrogen (secondary N) is 1. The van der Waals surface area contributed by atoms with Crippen molar-refractivity contribution in [3.63, 3.8) is 0 Å². The van der Waals surface area contributed by atoms with Gasteiger partial charge in [-0.25, -0.2) is 4.98 Å². The van der Waals surface area contributed by atoms with Crippen LogP contribution in [0.3, 0.4) is 0 Å². The topological polar surface area (TPSA) is 60.5 Å². The second-order valence-corrected chi connectivity index (χ2v) is 7.28. The number of amides is 1. The molecular formula is C23H24N2O3S. The van der Waals surface area contributed by atoms with Crippen molar-refractivity contribution < 1.29 is 14.3 Å². The number of aryl methyl sites for hydroxylation is 1. The van der Waals surface area contributed by atoms with Gasteiger partial charge in [0.25, 0.3) is 0 Å². The highest BCUT2D eigenvalue weighted by atomic mass is 32.1. The zero-order valence-corrected chi connectivity index (χ0v) is 17.6. The van der Waals surface area contributed by atoms with Crippen LogP contribution >= 0.6 is 11.3 Å². The molecule has 0 atom stereocenters. The summed E-state index contributed by atoms with van der Waals surface area (Å²) in [5.74, 6) is 1.02. The first-order valence-corrected chi connectivity index (χ1v) is 10.3. The number of methoxy groups -OCH3 is 2. The lowest BCUT2D eigenvalue weighted by atomic mass is 10.1. The fourth-order valence-corrected chi connectivity index (χ4v) is 3.59. The maximum Gasteiger partial charge on any atom is 0.250 e. The molecule has 0 unspecified atom stereocenters. The number of anilines is 1. The Balaban J connectivity index is 1.63. The molecule has 0 bridgehead atoms. The van der Waals surface area contributed by atoms with Crippen LogP contribution in [0.2, 0.25) is 0 Å². The van der Waals surface area contributed by atoms with Crippen LogP contribution in [0.5, 0.6) is 11.5 Å². The number of carbonyl (C=O) groups excluding carboxylic acids is 1. The minimum atomic E-state index is -0.237. The Labute approximate surface area is 175 Å². The Morgan fingerprint density at radius 3 is 2.55 bits per heavy atom. The molecule has 5 nitrogen and oxygen atoms in total. The second-order valence-electron chi connectivity index (χ2n) is 6.42. The van der Waals surface area contributed by atoms with Gasteiger partial charge in [-0.1, -0.05) is 43.7 Å². The summed E-state index contributed by atoms with van der Waals surface area (Å²) in [6, 6.07) is 13.9. The smallest absolute Gasteiger partial charge is 0.250 e. The van der Waals surface area contributed by atoms with Crippen LogP contribution in [0.4, 0.5) is 5.13 Å². The molecule has 2 aromatic carbocycles. The number of benzene rings is 2. The van der Waals surface area contributed by atoms with E-state index in [1.165, 1.54) is 23.0 Å². The van der Waals surface area contributed by atoms with Gasteiger partial charge in [-0.2, -0.15) is 0 Å². The van der Waals surface area contributed by atoms with Crippen molar-refractivity contribution in [3.8, 4) is 22.8 Å². The van der Waals surface area contributed by atoms with E-state index in [9.17, 15) is 4.79 Å². The highest BCUT2D eigenvalue weighted by molar-refractivity contribution is 7.14. The van der Waals surface area contributed by atoms with E-state index in [0.717, 1.165) is 29.7 Å². The maximum atomic E-state index is 12.2. The van der Waals surface area contributed by atoms with E-state index in [1.54, 1.807) is 26.4 Å². The molecule has 0 spiro atoms. The number of aromatic nitrogens is 1. The number of thiazole rings is 1. The Morgan fingerprint density at radius 1 is 1.10 bits per heavy atom. The molecule has 0 saturated carbocycles. The fraction of sp³-hybridized carbons (Fsp3) is 0.217. The minimum Gasteiger partial charge on any atom is -0.493 e. The number of hydrogen-bond acceptors (Lipinski definition) is 5. The predicted octanol–water partition coefficient (Wildman–Crippen LogP) is 5.43. The monoisotopic (exact) mass is 408 g/mol. The number of hydrogen-bond donors (Lipinski definition) is 1. The molecule has 150 valence electrons. The summed E-state index contributed by atoms with van der Waals surface area (Å²) in [5.41, 5.74) is 4.06. The summed E-state index contributed by atoms with van der Waals surface area (Å²) < 4.78 is 10.5. The van der Waals surface area contributed by atoms with Crippen LogP contribution in [0.1, 0.15) is 24.5 Å². The average molecular weight is 409 g/mol. The Kier molecular flexibility index (Phi) is 7.03. The van der Waals surface area contributed by atoms with Gasteiger partial charge in [0.15, 0.2) is 16.6 Å². The summed E-state index contributed by atoms with van der Waals surface area (Å²) in [4.78, 5) is 16.8. The molecule has 29 heavy (non-hydrogen) atoms. The molecule has 0 saturated heterocycles. The largest absolute Gasteiger partial charge is 0.493 e. The van der Waals surface area contributed by atoms with Gasteiger partial charge in [-0.05, 0) is 35.8 Å². The molecule has 0 fully saturated rings. The van der Waals surface area contributed by atoms with Crippen molar-refractivity contribution in [1.29, 1.82) is 0 Å². The van der Waals surface area contributed by atoms with Gasteiger partial charge in [-0.3, -0.25) is 10.1 Å². The van der Waals surface area contributed by atoms with Crippen molar-refractivity contribution in [2.75, 3.05) is 19.5 Å². The molecule has 1 heterocycles. The lowest BCUT2D eigenvalue weighted by Gasteiger charge is -2.07. The van der Waals surface area contributed by atoms with Crippen LogP contribution < -0.4 is 14.8 Å². The molecule has 3 rings (SSSR count). The van der Waals surface area contributed by atoms with Crippen molar-refractivity contribution in [1.82, 2.24) is 4.98 Å². The Morgan fingerprint density at radius 2 is 1.86 bits per heavy atom. The molecule has 0 aliphatic heterocycles. The van der Waals surface area contributed by atoms with E-state index in [4.69, 9.17) is 9.47 Å². The van der Waals surface area contributed by atoms with E-state index < -0.39 is 0 Å². The molecule has 1 amide bonds. The minimum absolute atomic E-state index is 0.237. The third-order valence-electron chi connectivity index (χ3n) is 4.36. The van der Waals surface area contributed by atoms with E-state index >= 15 is 0 Å². The predicted molar refractivity (Wildman–Crippen MR) is 119 cm³/mol. The van der Waals surface area contributed by atoms with Crippen LogP contribution in [-0.2, 0) is 11.2 Å². The summed E-state index contributed by atoms with van der Waals surface area (Å²) in [7, 11) is 3.16. The van der Waals surface area contributed by atoms with Crippen molar-refractivity contribution in [3.05, 3.63) is 65.0 Å². The quantitative estimate of drug-likeness (QED) is 0.505. The fourth-order valence-electron chi connectivity index (χ4n) is 2.87. The normalized spacial score (nSPS) is 10.9. The number of carbonyl (C=O) groups is 1. The first-order valence-electron chi connectivity index (χ1n) is 9.39. The van der Waals surface area contributed by atoms with Gasteiger partial charge in [0.05, 0.1) is 19.9 Å². The van der Waals surface area contributed by atoms with E-state index in [-0.39, 0.29) is 5.91 Å². The molecule has 1 aromatic heterocycles. The highest BCUT2D eigenvalue weighted by Gasteiger charge is 2.07. The van der Waals surface area contributed by atoms with Crippen molar-refractivity contribution in [2.45, 2.75) is 19.8 Å². The highest BCUT2D eigenvalue weighted by Crippen LogP contribution is 2.28. The average Bonchev–Trinajstić information content (AvgIpc) is 3.21.